The van der Waals surface area contributed by atoms with Gasteiger partial charge in [-0.05, 0) is 42.0 Å². The highest BCUT2D eigenvalue weighted by atomic mass is 16.9. The summed E-state index contributed by atoms with van der Waals surface area (Å²) in [5.41, 5.74) is 0.862. The average molecular weight is 289 g/mol. The lowest BCUT2D eigenvalue weighted by molar-refractivity contribution is -0.763. The van der Waals surface area contributed by atoms with Crippen LogP contribution >= 0.6 is 0 Å². The van der Waals surface area contributed by atoms with Crippen molar-refractivity contribution >= 4 is 5.97 Å². The van der Waals surface area contributed by atoms with Gasteiger partial charge in [0, 0.05) is 0 Å². The predicted molar refractivity (Wildman–Crippen MR) is 71.3 cm³/mol. The third-order valence-corrected chi connectivity index (χ3v) is 2.57. The van der Waals surface area contributed by atoms with Crippen LogP contribution in [0.3, 0.4) is 0 Å². The molecule has 0 radical (unpaired) electrons. The predicted octanol–water partition coefficient (Wildman–Crippen LogP) is 2.32. The minimum absolute atomic E-state index is 0.0740. The van der Waals surface area contributed by atoms with Crippen molar-refractivity contribution in [3.63, 3.8) is 0 Å². The van der Waals surface area contributed by atoms with Crippen LogP contribution in [0.5, 0.6) is 11.5 Å². The fourth-order valence-corrected chi connectivity index (χ4v) is 1.54. The summed E-state index contributed by atoms with van der Waals surface area (Å²) in [4.78, 5) is 26.1. The summed E-state index contributed by atoms with van der Waals surface area (Å²) in [6, 6.07) is 11.8. The van der Waals surface area contributed by atoms with E-state index in [0.717, 1.165) is 0 Å². The van der Waals surface area contributed by atoms with E-state index in [2.05, 4.69) is 4.84 Å². The Kier molecular flexibility index (Phi) is 4.35. The molecule has 0 spiro atoms. The van der Waals surface area contributed by atoms with Crippen LogP contribution in [0.15, 0.2) is 48.5 Å². The number of nitrogens with zero attached hydrogens (tertiary/aromatic N) is 1. The van der Waals surface area contributed by atoms with E-state index < -0.39 is 11.1 Å². The molecule has 108 valence electrons. The maximum absolute atomic E-state index is 11.9. The quantitative estimate of drug-likeness (QED) is 0.392. The van der Waals surface area contributed by atoms with Crippen LogP contribution in [0, 0.1) is 10.1 Å². The first-order chi connectivity index (χ1) is 10.0. The summed E-state index contributed by atoms with van der Waals surface area (Å²) in [5.74, 6) is -0.189. The van der Waals surface area contributed by atoms with Gasteiger partial charge in [-0.2, -0.15) is 0 Å². The SMILES string of the molecule is O=C(Oc1ccc(O)cc1)c1ccc(CO[N+](=O)[O-])cc1. The second kappa shape index (κ2) is 6.38. The largest absolute Gasteiger partial charge is 0.508 e. The lowest BCUT2D eigenvalue weighted by Crippen LogP contribution is -2.08. The van der Waals surface area contributed by atoms with Crippen LogP contribution in [0.2, 0.25) is 0 Å². The first-order valence-corrected chi connectivity index (χ1v) is 5.92. The number of ether oxygens (including phenoxy) is 1. The summed E-state index contributed by atoms with van der Waals surface area (Å²) in [6.45, 7) is -0.180. The Morgan fingerprint density at radius 1 is 1.10 bits per heavy atom. The molecule has 2 rings (SSSR count). The molecule has 0 aliphatic carbocycles. The molecule has 0 unspecified atom stereocenters. The number of aromatic hydroxyl groups is 1. The molecule has 0 aliphatic heterocycles. The highest BCUT2D eigenvalue weighted by molar-refractivity contribution is 5.91. The second-order valence-corrected chi connectivity index (χ2v) is 4.08. The molecule has 2 aromatic carbocycles. The van der Waals surface area contributed by atoms with Gasteiger partial charge in [-0.15, -0.1) is 10.1 Å². The Hall–Kier alpha value is -3.09. The molecule has 0 atom stereocenters. The van der Waals surface area contributed by atoms with Gasteiger partial charge in [0.25, 0.3) is 5.09 Å². The zero-order chi connectivity index (χ0) is 15.2. The molecule has 0 heterocycles. The third-order valence-electron chi connectivity index (χ3n) is 2.57. The monoisotopic (exact) mass is 289 g/mol. The first-order valence-electron chi connectivity index (χ1n) is 5.92. The Morgan fingerprint density at radius 3 is 2.29 bits per heavy atom. The van der Waals surface area contributed by atoms with Crippen molar-refractivity contribution in [1.82, 2.24) is 0 Å². The molecule has 21 heavy (non-hydrogen) atoms. The number of rotatable bonds is 5. The molecule has 0 bridgehead atoms. The van der Waals surface area contributed by atoms with Crippen molar-refractivity contribution < 1.29 is 24.6 Å². The highest BCUT2D eigenvalue weighted by Crippen LogP contribution is 2.17. The fraction of sp³-hybridized carbons (Fsp3) is 0.0714. The average Bonchev–Trinajstić information content (AvgIpc) is 2.48. The van der Waals surface area contributed by atoms with Crippen molar-refractivity contribution in [2.75, 3.05) is 0 Å². The van der Waals surface area contributed by atoms with Gasteiger partial charge in [0.15, 0.2) is 0 Å². The molecule has 0 fully saturated rings. The Balaban J connectivity index is 1.99. The normalized spacial score (nSPS) is 9.90. The highest BCUT2D eigenvalue weighted by Gasteiger charge is 2.09. The van der Waals surface area contributed by atoms with Gasteiger partial charge in [0.1, 0.15) is 18.1 Å². The zero-order valence-electron chi connectivity index (χ0n) is 10.8. The number of carbonyl (C=O) groups is 1. The molecule has 2 aromatic rings. The number of benzene rings is 2. The van der Waals surface area contributed by atoms with Crippen LogP contribution in [0.4, 0.5) is 0 Å². The minimum Gasteiger partial charge on any atom is -0.508 e. The summed E-state index contributed by atoms with van der Waals surface area (Å²) in [7, 11) is 0. The van der Waals surface area contributed by atoms with E-state index >= 15 is 0 Å². The number of phenols is 1. The number of carbonyl (C=O) groups excluding carboxylic acids is 1. The van der Waals surface area contributed by atoms with Gasteiger partial charge in [-0.25, -0.2) is 4.79 Å². The summed E-state index contributed by atoms with van der Waals surface area (Å²) in [6.07, 6.45) is 0. The number of hydrogen-bond acceptors (Lipinski definition) is 6. The van der Waals surface area contributed by atoms with Crippen LogP contribution in [-0.4, -0.2) is 16.2 Å². The minimum atomic E-state index is -0.882. The first kappa shape index (κ1) is 14.3. The van der Waals surface area contributed by atoms with Crippen LogP contribution in [0.1, 0.15) is 15.9 Å². The summed E-state index contributed by atoms with van der Waals surface area (Å²) in [5, 5.41) is 18.3. The molecule has 0 amide bonds. The number of hydrogen-bond donors (Lipinski definition) is 1. The summed E-state index contributed by atoms with van der Waals surface area (Å²) < 4.78 is 5.10. The molecule has 7 nitrogen and oxygen atoms in total. The van der Waals surface area contributed by atoms with Crippen molar-refractivity contribution in [2.24, 2.45) is 0 Å². The standard InChI is InChI=1S/C14H11NO6/c16-12-5-7-13(8-6-12)21-14(17)11-3-1-10(2-4-11)9-20-15(18)19/h1-8,16H,9H2. The van der Waals surface area contributed by atoms with E-state index in [1.54, 1.807) is 0 Å². The van der Waals surface area contributed by atoms with E-state index in [4.69, 9.17) is 9.84 Å². The van der Waals surface area contributed by atoms with E-state index in [1.165, 1.54) is 48.5 Å². The fourth-order valence-electron chi connectivity index (χ4n) is 1.54. The van der Waals surface area contributed by atoms with Gasteiger partial charge in [-0.3, -0.25) is 0 Å². The van der Waals surface area contributed by atoms with E-state index in [1.807, 2.05) is 0 Å². The van der Waals surface area contributed by atoms with Crippen LogP contribution < -0.4 is 4.74 Å². The molecular weight excluding hydrogens is 278 g/mol. The second-order valence-electron chi connectivity index (χ2n) is 4.08. The van der Waals surface area contributed by atoms with Crippen molar-refractivity contribution in [3.8, 4) is 11.5 Å². The molecule has 0 aliphatic rings. The van der Waals surface area contributed by atoms with Crippen molar-refractivity contribution in [3.05, 3.63) is 69.8 Å². The Labute approximate surface area is 119 Å². The zero-order valence-corrected chi connectivity index (χ0v) is 10.8. The topological polar surface area (TPSA) is 98.9 Å². The van der Waals surface area contributed by atoms with E-state index in [9.17, 15) is 14.9 Å². The van der Waals surface area contributed by atoms with Gasteiger partial charge in [0.2, 0.25) is 0 Å². The van der Waals surface area contributed by atoms with Crippen molar-refractivity contribution in [2.45, 2.75) is 6.61 Å². The van der Waals surface area contributed by atoms with E-state index in [-0.39, 0.29) is 12.4 Å². The molecule has 0 saturated carbocycles. The summed E-state index contributed by atoms with van der Waals surface area (Å²) >= 11 is 0. The number of phenolic OH excluding ortho intramolecular Hbond substituents is 1. The molecular formula is C14H11NO6. The van der Waals surface area contributed by atoms with Crippen LogP contribution in [0.25, 0.3) is 0 Å². The smallest absolute Gasteiger partial charge is 0.343 e. The Bertz CT molecular complexity index is 636. The van der Waals surface area contributed by atoms with Gasteiger partial charge in [-0.1, -0.05) is 12.1 Å². The van der Waals surface area contributed by atoms with Gasteiger partial charge >= 0.3 is 5.97 Å². The maximum Gasteiger partial charge on any atom is 0.343 e. The third kappa shape index (κ3) is 4.20. The van der Waals surface area contributed by atoms with Gasteiger partial charge < -0.3 is 14.7 Å². The molecule has 0 aromatic heterocycles. The molecule has 7 heteroatoms. The maximum atomic E-state index is 11.9. The lowest BCUT2D eigenvalue weighted by Gasteiger charge is -2.05. The number of esters is 1. The van der Waals surface area contributed by atoms with Crippen LogP contribution in [-0.2, 0) is 11.4 Å². The van der Waals surface area contributed by atoms with Gasteiger partial charge in [0.05, 0.1) is 5.56 Å². The molecule has 1 N–H and O–H groups in total. The Morgan fingerprint density at radius 2 is 1.71 bits per heavy atom. The van der Waals surface area contributed by atoms with E-state index in [0.29, 0.717) is 16.9 Å². The van der Waals surface area contributed by atoms with Crippen molar-refractivity contribution in [1.29, 1.82) is 0 Å². The molecule has 0 saturated heterocycles. The lowest BCUT2D eigenvalue weighted by atomic mass is 10.1.